The summed E-state index contributed by atoms with van der Waals surface area (Å²) in [6.07, 6.45) is 0. The predicted molar refractivity (Wildman–Crippen MR) is 65.6 cm³/mol. The van der Waals surface area contributed by atoms with E-state index in [1.165, 1.54) is 0 Å². The molecule has 2 nitrogen and oxygen atoms in total. The summed E-state index contributed by atoms with van der Waals surface area (Å²) in [4.78, 5) is 0. The van der Waals surface area contributed by atoms with Gasteiger partial charge in [-0.3, -0.25) is 0 Å². The molecule has 1 N–H and O–H groups in total. The standard InChI is InChI=1S/C14H11F4NO/c1-19-7-8-4-12(17)14(13(18)5-8)20-9-2-3-10(15)11(16)6-9/h2-6,19H,7H2,1H3. The van der Waals surface area contributed by atoms with Crippen molar-refractivity contribution in [2.24, 2.45) is 0 Å². The zero-order valence-corrected chi connectivity index (χ0v) is 10.5. The van der Waals surface area contributed by atoms with E-state index in [-0.39, 0.29) is 5.75 Å². The van der Waals surface area contributed by atoms with Gasteiger partial charge in [0.15, 0.2) is 29.0 Å². The lowest BCUT2D eigenvalue weighted by molar-refractivity contribution is 0.401. The van der Waals surface area contributed by atoms with Crippen molar-refractivity contribution < 1.29 is 22.3 Å². The number of halogens is 4. The van der Waals surface area contributed by atoms with Crippen LogP contribution < -0.4 is 10.1 Å². The third-order valence-electron chi connectivity index (χ3n) is 2.55. The van der Waals surface area contributed by atoms with E-state index in [9.17, 15) is 17.6 Å². The molecule has 6 heteroatoms. The van der Waals surface area contributed by atoms with Crippen molar-refractivity contribution >= 4 is 0 Å². The molecule has 0 amide bonds. The summed E-state index contributed by atoms with van der Waals surface area (Å²) < 4.78 is 58.2. The maximum absolute atomic E-state index is 13.7. The van der Waals surface area contributed by atoms with E-state index in [0.717, 1.165) is 30.3 Å². The molecule has 0 bridgehead atoms. The van der Waals surface area contributed by atoms with Crippen molar-refractivity contribution in [3.63, 3.8) is 0 Å². The quantitative estimate of drug-likeness (QED) is 0.864. The molecule has 0 radical (unpaired) electrons. The molecule has 0 aliphatic heterocycles. The van der Waals surface area contributed by atoms with Gasteiger partial charge in [-0.2, -0.15) is 0 Å². The molecule has 0 saturated heterocycles. The minimum Gasteiger partial charge on any atom is -0.451 e. The average molecular weight is 285 g/mol. The monoisotopic (exact) mass is 285 g/mol. The van der Waals surface area contributed by atoms with Crippen LogP contribution in [0.4, 0.5) is 17.6 Å². The summed E-state index contributed by atoms with van der Waals surface area (Å²) in [5.41, 5.74) is 0.403. The molecule has 0 heterocycles. The third-order valence-corrected chi connectivity index (χ3v) is 2.55. The lowest BCUT2D eigenvalue weighted by atomic mass is 10.2. The summed E-state index contributed by atoms with van der Waals surface area (Å²) >= 11 is 0. The maximum Gasteiger partial charge on any atom is 0.198 e. The first kappa shape index (κ1) is 14.3. The third kappa shape index (κ3) is 3.08. The van der Waals surface area contributed by atoms with Crippen molar-refractivity contribution in [2.75, 3.05) is 7.05 Å². The van der Waals surface area contributed by atoms with Crippen LogP contribution in [0.5, 0.6) is 11.5 Å². The Morgan fingerprint density at radius 3 is 2.10 bits per heavy atom. The number of rotatable bonds is 4. The van der Waals surface area contributed by atoms with Crippen LogP contribution >= 0.6 is 0 Å². The zero-order valence-electron chi connectivity index (χ0n) is 10.5. The molecule has 2 aromatic carbocycles. The van der Waals surface area contributed by atoms with Crippen LogP contribution in [0.2, 0.25) is 0 Å². The highest BCUT2D eigenvalue weighted by molar-refractivity contribution is 5.36. The van der Waals surface area contributed by atoms with Crippen molar-refractivity contribution in [3.05, 3.63) is 59.2 Å². The molecular formula is C14H11F4NO. The molecule has 2 rings (SSSR count). The second-order valence-electron chi connectivity index (χ2n) is 4.10. The van der Waals surface area contributed by atoms with Gasteiger partial charge in [0.1, 0.15) is 5.75 Å². The first-order chi connectivity index (χ1) is 9.51. The predicted octanol–water partition coefficient (Wildman–Crippen LogP) is 3.75. The number of benzene rings is 2. The zero-order chi connectivity index (χ0) is 14.7. The van der Waals surface area contributed by atoms with Gasteiger partial charge >= 0.3 is 0 Å². The molecule has 0 fully saturated rings. The number of hydrogen-bond acceptors (Lipinski definition) is 2. The molecule has 106 valence electrons. The van der Waals surface area contributed by atoms with E-state index in [1.54, 1.807) is 7.05 Å². The van der Waals surface area contributed by atoms with Gasteiger partial charge < -0.3 is 10.1 Å². The fourth-order valence-electron chi connectivity index (χ4n) is 1.67. The number of ether oxygens (including phenoxy) is 1. The highest BCUT2D eigenvalue weighted by atomic mass is 19.2. The molecular weight excluding hydrogens is 274 g/mol. The Morgan fingerprint density at radius 2 is 1.55 bits per heavy atom. The van der Waals surface area contributed by atoms with Crippen LogP contribution in [0, 0.1) is 23.3 Å². The Morgan fingerprint density at radius 1 is 0.900 bits per heavy atom. The second-order valence-corrected chi connectivity index (χ2v) is 4.10. The minimum atomic E-state index is -1.16. The van der Waals surface area contributed by atoms with Gasteiger partial charge in [0.05, 0.1) is 0 Å². The molecule has 0 saturated carbocycles. The fourth-order valence-corrected chi connectivity index (χ4v) is 1.67. The summed E-state index contributed by atoms with van der Waals surface area (Å²) in [5.74, 6) is -4.91. The van der Waals surface area contributed by atoms with Gasteiger partial charge in [-0.1, -0.05) is 0 Å². The lowest BCUT2D eigenvalue weighted by Crippen LogP contribution is -2.06. The van der Waals surface area contributed by atoms with Crippen LogP contribution in [0.15, 0.2) is 30.3 Å². The van der Waals surface area contributed by atoms with Crippen LogP contribution in [0.3, 0.4) is 0 Å². The van der Waals surface area contributed by atoms with E-state index in [2.05, 4.69) is 5.32 Å². The molecule has 2 aromatic rings. The van der Waals surface area contributed by atoms with E-state index in [1.807, 2.05) is 0 Å². The lowest BCUT2D eigenvalue weighted by Gasteiger charge is -2.10. The highest BCUT2D eigenvalue weighted by Gasteiger charge is 2.14. The Labute approximate surface area is 113 Å². The average Bonchev–Trinajstić information content (AvgIpc) is 2.38. The van der Waals surface area contributed by atoms with Crippen molar-refractivity contribution in [1.82, 2.24) is 5.32 Å². The highest BCUT2D eigenvalue weighted by Crippen LogP contribution is 2.29. The molecule has 0 spiro atoms. The SMILES string of the molecule is CNCc1cc(F)c(Oc2ccc(F)c(F)c2)c(F)c1. The van der Waals surface area contributed by atoms with E-state index < -0.39 is 29.0 Å². The van der Waals surface area contributed by atoms with Gasteiger partial charge in [0, 0.05) is 12.6 Å². The normalized spacial score (nSPS) is 10.7. The number of hydrogen-bond donors (Lipinski definition) is 1. The van der Waals surface area contributed by atoms with E-state index in [0.29, 0.717) is 12.1 Å². The van der Waals surface area contributed by atoms with Gasteiger partial charge in [0.2, 0.25) is 0 Å². The maximum atomic E-state index is 13.7. The Kier molecular flexibility index (Phi) is 4.24. The van der Waals surface area contributed by atoms with Crippen LogP contribution in [0.1, 0.15) is 5.56 Å². The minimum absolute atomic E-state index is 0.192. The van der Waals surface area contributed by atoms with E-state index in [4.69, 9.17) is 4.74 Å². The van der Waals surface area contributed by atoms with Gasteiger partial charge in [-0.15, -0.1) is 0 Å². The van der Waals surface area contributed by atoms with Crippen molar-refractivity contribution in [1.29, 1.82) is 0 Å². The van der Waals surface area contributed by atoms with Crippen LogP contribution in [-0.2, 0) is 6.54 Å². The largest absolute Gasteiger partial charge is 0.451 e. The van der Waals surface area contributed by atoms with Gasteiger partial charge in [0.25, 0.3) is 0 Å². The molecule has 0 unspecified atom stereocenters. The van der Waals surface area contributed by atoms with Crippen molar-refractivity contribution in [3.8, 4) is 11.5 Å². The fraction of sp³-hybridized carbons (Fsp3) is 0.143. The van der Waals surface area contributed by atoms with Crippen LogP contribution in [0.25, 0.3) is 0 Å². The Bertz CT molecular complexity index is 608. The Hall–Kier alpha value is -2.08. The topological polar surface area (TPSA) is 21.3 Å². The number of nitrogens with one attached hydrogen (secondary N) is 1. The van der Waals surface area contributed by atoms with E-state index >= 15 is 0 Å². The molecule has 0 aliphatic rings. The summed E-state index contributed by atoms with van der Waals surface area (Å²) in [7, 11) is 1.64. The molecule has 0 atom stereocenters. The molecule has 0 aliphatic carbocycles. The smallest absolute Gasteiger partial charge is 0.198 e. The van der Waals surface area contributed by atoms with Gasteiger partial charge in [-0.25, -0.2) is 17.6 Å². The summed E-state index contributed by atoms with van der Waals surface area (Å²) in [5, 5.41) is 2.76. The second kappa shape index (κ2) is 5.92. The Balaban J connectivity index is 2.31. The first-order valence-electron chi connectivity index (χ1n) is 5.76. The van der Waals surface area contributed by atoms with Crippen LogP contribution in [-0.4, -0.2) is 7.05 Å². The summed E-state index contributed by atoms with van der Waals surface area (Å²) in [6, 6.07) is 4.83. The molecule has 20 heavy (non-hydrogen) atoms. The summed E-state index contributed by atoms with van der Waals surface area (Å²) in [6.45, 7) is 0.291. The van der Waals surface area contributed by atoms with Crippen molar-refractivity contribution in [2.45, 2.75) is 6.54 Å². The first-order valence-corrected chi connectivity index (χ1v) is 5.76. The van der Waals surface area contributed by atoms with Gasteiger partial charge in [-0.05, 0) is 36.9 Å². The molecule has 0 aromatic heterocycles.